The van der Waals surface area contributed by atoms with Crippen LogP contribution in [-0.4, -0.2) is 19.1 Å². The molecule has 0 bridgehead atoms. The maximum atomic E-state index is 12.1. The van der Waals surface area contributed by atoms with Gasteiger partial charge in [-0.2, -0.15) is 0 Å². The molecular weight excluding hydrogens is 276 g/mol. The van der Waals surface area contributed by atoms with Crippen molar-refractivity contribution in [2.24, 2.45) is 0 Å². The lowest BCUT2D eigenvalue weighted by Crippen LogP contribution is -2.22. The van der Waals surface area contributed by atoms with Crippen LogP contribution in [0.4, 0.5) is 11.4 Å². The van der Waals surface area contributed by atoms with Gasteiger partial charge in [0, 0.05) is 5.69 Å². The predicted octanol–water partition coefficient (Wildman–Crippen LogP) is 3.75. The molecule has 0 aliphatic carbocycles. The summed E-state index contributed by atoms with van der Waals surface area (Å²) in [5.74, 6) is 0.582. The Hall–Kier alpha value is -2.49. The molecule has 0 aromatic heterocycles. The maximum Gasteiger partial charge on any atom is 0.243 e. The molecule has 2 aromatic carbocycles. The highest BCUT2D eigenvalue weighted by molar-refractivity contribution is 5.95. The average Bonchev–Trinajstić information content (AvgIpc) is 2.51. The van der Waals surface area contributed by atoms with Gasteiger partial charge in [0.1, 0.15) is 5.75 Å². The standard InChI is InChI=1S/C18H22N2O2/c1-4-22-17-11-6-5-9-16(17)20-18(21)12-19-15-10-7-8-13(2)14(15)3/h5-11,19H,4,12H2,1-3H3,(H,20,21). The number of hydrogen-bond acceptors (Lipinski definition) is 3. The topological polar surface area (TPSA) is 50.4 Å². The molecule has 0 radical (unpaired) electrons. The van der Waals surface area contributed by atoms with E-state index >= 15 is 0 Å². The van der Waals surface area contributed by atoms with Crippen LogP contribution in [0.5, 0.6) is 5.75 Å². The van der Waals surface area contributed by atoms with Gasteiger partial charge in [0.15, 0.2) is 0 Å². The fourth-order valence-corrected chi connectivity index (χ4v) is 2.16. The fraction of sp³-hybridized carbons (Fsp3) is 0.278. The van der Waals surface area contributed by atoms with E-state index in [4.69, 9.17) is 4.74 Å². The first-order valence-corrected chi connectivity index (χ1v) is 7.43. The molecule has 0 spiro atoms. The minimum absolute atomic E-state index is 0.104. The quantitative estimate of drug-likeness (QED) is 0.854. The molecule has 0 heterocycles. The van der Waals surface area contributed by atoms with Crippen molar-refractivity contribution in [3.8, 4) is 5.75 Å². The third-order valence-corrected chi connectivity index (χ3v) is 3.51. The molecule has 2 aromatic rings. The molecule has 4 nitrogen and oxygen atoms in total. The zero-order valence-corrected chi connectivity index (χ0v) is 13.3. The SMILES string of the molecule is CCOc1ccccc1NC(=O)CNc1cccc(C)c1C. The second kappa shape index (κ2) is 7.50. The predicted molar refractivity (Wildman–Crippen MR) is 90.6 cm³/mol. The highest BCUT2D eigenvalue weighted by Gasteiger charge is 2.08. The van der Waals surface area contributed by atoms with Gasteiger partial charge in [-0.3, -0.25) is 4.79 Å². The van der Waals surface area contributed by atoms with E-state index in [1.54, 1.807) is 0 Å². The van der Waals surface area contributed by atoms with E-state index in [1.807, 2.05) is 50.2 Å². The van der Waals surface area contributed by atoms with E-state index in [1.165, 1.54) is 5.56 Å². The van der Waals surface area contributed by atoms with E-state index in [9.17, 15) is 4.79 Å². The number of aryl methyl sites for hydroxylation is 1. The van der Waals surface area contributed by atoms with Crippen molar-refractivity contribution in [2.75, 3.05) is 23.8 Å². The van der Waals surface area contributed by atoms with Gasteiger partial charge in [-0.25, -0.2) is 0 Å². The molecule has 116 valence electrons. The molecule has 0 atom stereocenters. The van der Waals surface area contributed by atoms with Gasteiger partial charge < -0.3 is 15.4 Å². The van der Waals surface area contributed by atoms with Crippen molar-refractivity contribution < 1.29 is 9.53 Å². The number of carbonyl (C=O) groups is 1. The summed E-state index contributed by atoms with van der Waals surface area (Å²) in [6, 6.07) is 13.4. The van der Waals surface area contributed by atoms with E-state index < -0.39 is 0 Å². The Labute approximate surface area is 131 Å². The van der Waals surface area contributed by atoms with Crippen LogP contribution in [0.15, 0.2) is 42.5 Å². The molecule has 0 aliphatic heterocycles. The molecule has 0 saturated heterocycles. The summed E-state index contributed by atoms with van der Waals surface area (Å²) in [6.07, 6.45) is 0. The summed E-state index contributed by atoms with van der Waals surface area (Å²) in [7, 11) is 0. The smallest absolute Gasteiger partial charge is 0.243 e. The summed E-state index contributed by atoms with van der Waals surface area (Å²) >= 11 is 0. The summed E-state index contributed by atoms with van der Waals surface area (Å²) in [5.41, 5.74) is 4.03. The third-order valence-electron chi connectivity index (χ3n) is 3.51. The zero-order valence-electron chi connectivity index (χ0n) is 13.3. The van der Waals surface area contributed by atoms with Crippen LogP contribution in [0, 0.1) is 13.8 Å². The second-order valence-corrected chi connectivity index (χ2v) is 5.08. The first kappa shape index (κ1) is 15.9. The number of para-hydroxylation sites is 2. The first-order chi connectivity index (χ1) is 10.6. The van der Waals surface area contributed by atoms with Gasteiger partial charge in [-0.05, 0) is 50.1 Å². The van der Waals surface area contributed by atoms with E-state index in [0.717, 1.165) is 11.3 Å². The van der Waals surface area contributed by atoms with Crippen molar-refractivity contribution in [3.05, 3.63) is 53.6 Å². The molecule has 0 aliphatic rings. The number of benzene rings is 2. The van der Waals surface area contributed by atoms with Crippen LogP contribution in [0.2, 0.25) is 0 Å². The minimum Gasteiger partial charge on any atom is -0.492 e. The molecule has 4 heteroatoms. The third kappa shape index (κ3) is 4.01. The number of nitrogens with one attached hydrogen (secondary N) is 2. The van der Waals surface area contributed by atoms with Crippen molar-refractivity contribution in [2.45, 2.75) is 20.8 Å². The van der Waals surface area contributed by atoms with E-state index in [-0.39, 0.29) is 12.5 Å². The lowest BCUT2D eigenvalue weighted by Gasteiger charge is -2.13. The normalized spacial score (nSPS) is 10.1. The van der Waals surface area contributed by atoms with Gasteiger partial charge in [-0.15, -0.1) is 0 Å². The Bertz CT molecular complexity index is 653. The Morgan fingerprint density at radius 2 is 1.77 bits per heavy atom. The summed E-state index contributed by atoms with van der Waals surface area (Å²) in [5, 5.41) is 6.05. The van der Waals surface area contributed by atoms with Crippen LogP contribution in [-0.2, 0) is 4.79 Å². The first-order valence-electron chi connectivity index (χ1n) is 7.43. The van der Waals surface area contributed by atoms with Crippen LogP contribution in [0.25, 0.3) is 0 Å². The second-order valence-electron chi connectivity index (χ2n) is 5.08. The summed E-state index contributed by atoms with van der Waals surface area (Å²) in [4.78, 5) is 12.1. The van der Waals surface area contributed by atoms with Crippen LogP contribution in [0.1, 0.15) is 18.1 Å². The van der Waals surface area contributed by atoms with Crippen LogP contribution < -0.4 is 15.4 Å². The van der Waals surface area contributed by atoms with E-state index in [0.29, 0.717) is 18.0 Å². The van der Waals surface area contributed by atoms with E-state index in [2.05, 4.69) is 23.6 Å². The van der Waals surface area contributed by atoms with Gasteiger partial charge in [0.05, 0.1) is 18.8 Å². The lowest BCUT2D eigenvalue weighted by molar-refractivity contribution is -0.114. The number of amides is 1. The fourth-order valence-electron chi connectivity index (χ4n) is 2.16. The Kier molecular flexibility index (Phi) is 5.42. The zero-order chi connectivity index (χ0) is 15.9. The monoisotopic (exact) mass is 298 g/mol. The molecule has 2 rings (SSSR count). The Balaban J connectivity index is 1.97. The number of anilines is 2. The van der Waals surface area contributed by atoms with Crippen LogP contribution in [0.3, 0.4) is 0 Å². The largest absolute Gasteiger partial charge is 0.492 e. The molecule has 0 saturated carbocycles. The molecule has 0 unspecified atom stereocenters. The maximum absolute atomic E-state index is 12.1. The number of ether oxygens (including phenoxy) is 1. The Morgan fingerprint density at radius 3 is 2.55 bits per heavy atom. The summed E-state index contributed by atoms with van der Waals surface area (Å²) in [6.45, 7) is 6.79. The Morgan fingerprint density at radius 1 is 1.05 bits per heavy atom. The van der Waals surface area contributed by atoms with Gasteiger partial charge in [0.25, 0.3) is 0 Å². The van der Waals surface area contributed by atoms with Crippen LogP contribution >= 0.6 is 0 Å². The molecule has 0 fully saturated rings. The molecular formula is C18H22N2O2. The molecule has 1 amide bonds. The highest BCUT2D eigenvalue weighted by atomic mass is 16.5. The minimum atomic E-state index is -0.104. The van der Waals surface area contributed by atoms with Crippen molar-refractivity contribution >= 4 is 17.3 Å². The van der Waals surface area contributed by atoms with Gasteiger partial charge >= 0.3 is 0 Å². The number of hydrogen-bond donors (Lipinski definition) is 2. The number of carbonyl (C=O) groups excluding carboxylic acids is 1. The van der Waals surface area contributed by atoms with Crippen molar-refractivity contribution in [1.29, 1.82) is 0 Å². The van der Waals surface area contributed by atoms with Crippen molar-refractivity contribution in [1.82, 2.24) is 0 Å². The summed E-state index contributed by atoms with van der Waals surface area (Å²) < 4.78 is 5.50. The van der Waals surface area contributed by atoms with Crippen molar-refractivity contribution in [3.63, 3.8) is 0 Å². The molecule has 2 N–H and O–H groups in total. The highest BCUT2D eigenvalue weighted by Crippen LogP contribution is 2.23. The molecule has 22 heavy (non-hydrogen) atoms. The van der Waals surface area contributed by atoms with Gasteiger partial charge in [0.2, 0.25) is 5.91 Å². The number of rotatable bonds is 6. The average molecular weight is 298 g/mol. The van der Waals surface area contributed by atoms with Gasteiger partial charge in [-0.1, -0.05) is 24.3 Å². The lowest BCUT2D eigenvalue weighted by atomic mass is 10.1.